The van der Waals surface area contributed by atoms with Crippen molar-refractivity contribution in [2.24, 2.45) is 0 Å². The average Bonchev–Trinajstić information content (AvgIpc) is 2.60. The van der Waals surface area contributed by atoms with E-state index in [1.165, 1.54) is 0 Å². The van der Waals surface area contributed by atoms with Crippen LogP contribution in [0.4, 0.5) is 0 Å². The first-order chi connectivity index (χ1) is 7.06. The molecule has 0 fully saturated rings. The number of benzene rings is 1. The predicted octanol–water partition coefficient (Wildman–Crippen LogP) is 3.01. The molecule has 1 heterocycles. The van der Waals surface area contributed by atoms with Gasteiger partial charge in [0.2, 0.25) is 0 Å². The van der Waals surface area contributed by atoms with Crippen LogP contribution in [0.1, 0.15) is 25.0 Å². The van der Waals surface area contributed by atoms with Crippen molar-refractivity contribution in [3.8, 4) is 0 Å². The first-order valence-corrected chi connectivity index (χ1v) is 5.14. The molecule has 0 aliphatic rings. The maximum absolute atomic E-state index is 9.40. The molecule has 0 saturated heterocycles. The van der Waals surface area contributed by atoms with Gasteiger partial charge in [-0.3, -0.25) is 0 Å². The Morgan fingerprint density at radius 2 is 2.07 bits per heavy atom. The normalized spacial score (nSPS) is 12.3. The molecule has 2 heteroatoms. The highest BCUT2D eigenvalue weighted by molar-refractivity contribution is 5.85. The lowest BCUT2D eigenvalue weighted by Gasteiger charge is -2.23. The number of fused-ring (bicyclic) bond motifs is 1. The summed E-state index contributed by atoms with van der Waals surface area (Å²) < 4.78 is 5.45. The van der Waals surface area contributed by atoms with Crippen molar-refractivity contribution >= 4 is 11.0 Å². The molecule has 0 aliphatic carbocycles. The van der Waals surface area contributed by atoms with Crippen molar-refractivity contribution < 1.29 is 9.52 Å². The third kappa shape index (κ3) is 1.55. The van der Waals surface area contributed by atoms with E-state index in [0.717, 1.165) is 22.1 Å². The number of furan rings is 1. The molecule has 1 aromatic carbocycles. The number of aliphatic hydroxyl groups excluding tert-OH is 1. The van der Waals surface area contributed by atoms with Crippen LogP contribution in [0.3, 0.4) is 0 Å². The summed E-state index contributed by atoms with van der Waals surface area (Å²) >= 11 is 0. The summed E-state index contributed by atoms with van der Waals surface area (Å²) in [6.45, 7) is 6.24. The molecular weight excluding hydrogens is 188 g/mol. The van der Waals surface area contributed by atoms with E-state index in [-0.39, 0.29) is 12.0 Å². The fourth-order valence-corrected chi connectivity index (χ4v) is 1.90. The maximum atomic E-state index is 9.40. The average molecular weight is 204 g/mol. The number of hydrogen-bond donors (Lipinski definition) is 1. The zero-order chi connectivity index (χ0) is 11.1. The van der Waals surface area contributed by atoms with Crippen LogP contribution in [0.25, 0.3) is 11.0 Å². The molecule has 2 aromatic rings. The number of aryl methyl sites for hydroxylation is 1. The molecule has 0 unspecified atom stereocenters. The van der Waals surface area contributed by atoms with Gasteiger partial charge in [0.1, 0.15) is 5.58 Å². The summed E-state index contributed by atoms with van der Waals surface area (Å²) in [7, 11) is 0. The van der Waals surface area contributed by atoms with Crippen LogP contribution in [0.2, 0.25) is 0 Å². The Balaban J connectivity index is 2.75. The molecule has 0 saturated carbocycles. The number of hydrogen-bond acceptors (Lipinski definition) is 2. The molecule has 0 atom stereocenters. The molecule has 0 amide bonds. The molecule has 1 N–H and O–H groups in total. The van der Waals surface area contributed by atoms with Gasteiger partial charge in [0.15, 0.2) is 0 Å². The highest BCUT2D eigenvalue weighted by Crippen LogP contribution is 2.32. The summed E-state index contributed by atoms with van der Waals surface area (Å²) in [5.74, 6) is 0. The zero-order valence-electron chi connectivity index (χ0n) is 9.37. The van der Waals surface area contributed by atoms with E-state index in [4.69, 9.17) is 4.42 Å². The summed E-state index contributed by atoms with van der Waals surface area (Å²) in [6.07, 6.45) is 1.77. The smallest absolute Gasteiger partial charge is 0.134 e. The van der Waals surface area contributed by atoms with E-state index in [0.29, 0.717) is 0 Å². The van der Waals surface area contributed by atoms with Gasteiger partial charge in [0.05, 0.1) is 12.9 Å². The number of rotatable bonds is 2. The summed E-state index contributed by atoms with van der Waals surface area (Å²) in [4.78, 5) is 0. The minimum Gasteiger partial charge on any atom is -0.464 e. The molecule has 15 heavy (non-hydrogen) atoms. The van der Waals surface area contributed by atoms with E-state index in [1.54, 1.807) is 6.26 Å². The van der Waals surface area contributed by atoms with Gasteiger partial charge < -0.3 is 9.52 Å². The van der Waals surface area contributed by atoms with E-state index >= 15 is 0 Å². The number of aliphatic hydroxyl groups is 1. The highest BCUT2D eigenvalue weighted by Gasteiger charge is 2.23. The van der Waals surface area contributed by atoms with Crippen LogP contribution >= 0.6 is 0 Å². The molecule has 0 aliphatic heterocycles. The van der Waals surface area contributed by atoms with Crippen molar-refractivity contribution in [2.75, 3.05) is 6.61 Å². The van der Waals surface area contributed by atoms with Gasteiger partial charge in [-0.15, -0.1) is 0 Å². The van der Waals surface area contributed by atoms with Gasteiger partial charge in [-0.05, 0) is 24.1 Å². The van der Waals surface area contributed by atoms with Crippen LogP contribution < -0.4 is 0 Å². The van der Waals surface area contributed by atoms with Gasteiger partial charge in [-0.25, -0.2) is 0 Å². The molecule has 2 nitrogen and oxygen atoms in total. The van der Waals surface area contributed by atoms with Gasteiger partial charge in [-0.1, -0.05) is 26.0 Å². The first-order valence-electron chi connectivity index (χ1n) is 5.14. The van der Waals surface area contributed by atoms with E-state index < -0.39 is 0 Å². The summed E-state index contributed by atoms with van der Waals surface area (Å²) in [5, 5.41) is 10.5. The van der Waals surface area contributed by atoms with Crippen LogP contribution in [0.15, 0.2) is 28.9 Å². The second-order valence-corrected chi connectivity index (χ2v) is 4.64. The largest absolute Gasteiger partial charge is 0.464 e. The Kier molecular flexibility index (Phi) is 2.31. The topological polar surface area (TPSA) is 33.4 Å². The van der Waals surface area contributed by atoms with E-state index in [1.807, 2.05) is 32.9 Å². The van der Waals surface area contributed by atoms with Crippen molar-refractivity contribution in [3.05, 3.63) is 35.6 Å². The minimum absolute atomic E-state index is 0.136. The molecule has 0 bridgehead atoms. The third-order valence-corrected chi connectivity index (χ3v) is 2.91. The minimum atomic E-state index is -0.228. The van der Waals surface area contributed by atoms with Gasteiger partial charge in [0, 0.05) is 10.8 Å². The van der Waals surface area contributed by atoms with Crippen LogP contribution in [0, 0.1) is 6.92 Å². The standard InChI is InChI=1S/C13H16O2/c1-9-7-15-11-6-4-5-10(12(9)11)13(2,3)8-14/h4-7,14H,8H2,1-3H3. The third-order valence-electron chi connectivity index (χ3n) is 2.91. The molecule has 2 rings (SSSR count). The highest BCUT2D eigenvalue weighted by atomic mass is 16.3. The fraction of sp³-hybridized carbons (Fsp3) is 0.385. The first kappa shape index (κ1) is 10.2. The molecular formula is C13H16O2. The van der Waals surface area contributed by atoms with Crippen molar-refractivity contribution in [3.63, 3.8) is 0 Å². The van der Waals surface area contributed by atoms with Crippen molar-refractivity contribution in [2.45, 2.75) is 26.2 Å². The van der Waals surface area contributed by atoms with Crippen LogP contribution in [-0.4, -0.2) is 11.7 Å². The summed E-state index contributed by atoms with van der Waals surface area (Å²) in [5.41, 5.74) is 2.94. The van der Waals surface area contributed by atoms with Crippen molar-refractivity contribution in [1.82, 2.24) is 0 Å². The second kappa shape index (κ2) is 3.38. The maximum Gasteiger partial charge on any atom is 0.134 e. The Hall–Kier alpha value is -1.28. The van der Waals surface area contributed by atoms with Gasteiger partial charge >= 0.3 is 0 Å². The van der Waals surface area contributed by atoms with E-state index in [2.05, 4.69) is 6.07 Å². The SMILES string of the molecule is Cc1coc2cccc(C(C)(C)CO)c12. The second-order valence-electron chi connectivity index (χ2n) is 4.64. The lowest BCUT2D eigenvalue weighted by molar-refractivity contribution is 0.219. The lowest BCUT2D eigenvalue weighted by Crippen LogP contribution is -2.22. The van der Waals surface area contributed by atoms with Crippen LogP contribution in [0.5, 0.6) is 0 Å². The Morgan fingerprint density at radius 1 is 1.33 bits per heavy atom. The summed E-state index contributed by atoms with van der Waals surface area (Å²) in [6, 6.07) is 5.98. The Morgan fingerprint density at radius 3 is 2.73 bits per heavy atom. The Bertz CT molecular complexity index is 480. The predicted molar refractivity (Wildman–Crippen MR) is 61.1 cm³/mol. The van der Waals surface area contributed by atoms with Gasteiger partial charge in [-0.2, -0.15) is 0 Å². The molecule has 1 aromatic heterocycles. The van der Waals surface area contributed by atoms with Gasteiger partial charge in [0.25, 0.3) is 0 Å². The lowest BCUT2D eigenvalue weighted by atomic mass is 9.83. The quantitative estimate of drug-likeness (QED) is 0.815. The monoisotopic (exact) mass is 204 g/mol. The van der Waals surface area contributed by atoms with Crippen molar-refractivity contribution in [1.29, 1.82) is 0 Å². The molecule has 0 radical (unpaired) electrons. The molecule has 80 valence electrons. The zero-order valence-corrected chi connectivity index (χ0v) is 9.37. The fourth-order valence-electron chi connectivity index (χ4n) is 1.90. The Labute approximate surface area is 89.5 Å². The van der Waals surface area contributed by atoms with Crippen LogP contribution in [-0.2, 0) is 5.41 Å². The van der Waals surface area contributed by atoms with E-state index in [9.17, 15) is 5.11 Å². The molecule has 0 spiro atoms.